The lowest BCUT2D eigenvalue weighted by Gasteiger charge is -2.17. The Morgan fingerprint density at radius 1 is 0.885 bits per heavy atom. The SMILES string of the molecule is O=C1Nc2ccccc2N=C(c2cccc([N+](=O)[O-])c2)c2ccccc21. The number of hydrogen-bond donors (Lipinski definition) is 1. The van der Waals surface area contributed by atoms with Gasteiger partial charge in [0.15, 0.2) is 0 Å². The van der Waals surface area contributed by atoms with Gasteiger partial charge in [-0.25, -0.2) is 4.99 Å². The molecule has 26 heavy (non-hydrogen) atoms. The largest absolute Gasteiger partial charge is 0.320 e. The van der Waals surface area contributed by atoms with E-state index in [2.05, 4.69) is 5.32 Å². The first-order valence-electron chi connectivity index (χ1n) is 7.97. The summed E-state index contributed by atoms with van der Waals surface area (Å²) in [6, 6.07) is 20.6. The van der Waals surface area contributed by atoms with Crippen LogP contribution in [0.1, 0.15) is 21.5 Å². The number of aliphatic imine (C=N–C) groups is 1. The fourth-order valence-electron chi connectivity index (χ4n) is 2.92. The lowest BCUT2D eigenvalue weighted by atomic mass is 9.95. The van der Waals surface area contributed by atoms with Crippen LogP contribution >= 0.6 is 0 Å². The van der Waals surface area contributed by atoms with Crippen molar-refractivity contribution in [2.45, 2.75) is 0 Å². The molecule has 1 aliphatic heterocycles. The number of amides is 1. The zero-order valence-corrected chi connectivity index (χ0v) is 13.5. The molecule has 1 aliphatic rings. The number of nitrogens with zero attached hydrogens (tertiary/aromatic N) is 2. The lowest BCUT2D eigenvalue weighted by Crippen LogP contribution is -2.19. The minimum atomic E-state index is -0.445. The molecule has 1 heterocycles. The standard InChI is InChI=1S/C20H13N3O3/c24-20-16-9-2-1-8-15(16)19(13-6-5-7-14(12-13)23(25)26)21-17-10-3-4-11-18(17)22-20/h1-12H,(H,22,24). The van der Waals surface area contributed by atoms with Gasteiger partial charge in [-0.05, 0) is 18.2 Å². The van der Waals surface area contributed by atoms with E-state index in [4.69, 9.17) is 4.99 Å². The van der Waals surface area contributed by atoms with Crippen molar-refractivity contribution in [2.75, 3.05) is 5.32 Å². The summed E-state index contributed by atoms with van der Waals surface area (Å²) in [5.41, 5.74) is 3.35. The van der Waals surface area contributed by atoms with Crippen LogP contribution in [0.2, 0.25) is 0 Å². The second kappa shape index (κ2) is 6.25. The molecule has 0 saturated heterocycles. The summed E-state index contributed by atoms with van der Waals surface area (Å²) >= 11 is 0. The van der Waals surface area contributed by atoms with Crippen molar-refractivity contribution in [1.82, 2.24) is 0 Å². The quantitative estimate of drug-likeness (QED) is 0.555. The molecule has 1 amide bonds. The maximum atomic E-state index is 12.7. The van der Waals surface area contributed by atoms with Gasteiger partial charge in [-0.3, -0.25) is 14.9 Å². The Morgan fingerprint density at radius 3 is 2.42 bits per heavy atom. The van der Waals surface area contributed by atoms with E-state index in [1.54, 1.807) is 42.5 Å². The fraction of sp³-hybridized carbons (Fsp3) is 0. The third kappa shape index (κ3) is 2.73. The molecule has 0 atom stereocenters. The van der Waals surface area contributed by atoms with Crippen LogP contribution in [0.4, 0.5) is 17.1 Å². The van der Waals surface area contributed by atoms with Crippen LogP contribution in [0.3, 0.4) is 0 Å². The van der Waals surface area contributed by atoms with Gasteiger partial charge in [0.25, 0.3) is 11.6 Å². The first-order valence-corrected chi connectivity index (χ1v) is 7.97. The van der Waals surface area contributed by atoms with Crippen LogP contribution < -0.4 is 5.32 Å². The predicted molar refractivity (Wildman–Crippen MR) is 99.2 cm³/mol. The summed E-state index contributed by atoms with van der Waals surface area (Å²) in [6.07, 6.45) is 0. The number of non-ortho nitro benzene ring substituents is 1. The van der Waals surface area contributed by atoms with Crippen LogP contribution in [0.15, 0.2) is 77.8 Å². The summed E-state index contributed by atoms with van der Waals surface area (Å²) in [6.45, 7) is 0. The van der Waals surface area contributed by atoms with Crippen molar-refractivity contribution in [2.24, 2.45) is 4.99 Å². The molecule has 3 aromatic rings. The number of nitrogens with one attached hydrogen (secondary N) is 1. The topological polar surface area (TPSA) is 84.6 Å². The number of nitro groups is 1. The number of benzene rings is 3. The summed E-state index contributed by atoms with van der Waals surface area (Å²) in [7, 11) is 0. The van der Waals surface area contributed by atoms with Crippen molar-refractivity contribution in [3.63, 3.8) is 0 Å². The van der Waals surface area contributed by atoms with E-state index in [-0.39, 0.29) is 11.6 Å². The number of anilines is 1. The smallest absolute Gasteiger partial charge is 0.270 e. The molecule has 1 N–H and O–H groups in total. The highest BCUT2D eigenvalue weighted by Gasteiger charge is 2.21. The van der Waals surface area contributed by atoms with E-state index < -0.39 is 4.92 Å². The van der Waals surface area contributed by atoms with Crippen molar-refractivity contribution >= 4 is 28.7 Å². The number of hydrogen-bond acceptors (Lipinski definition) is 4. The predicted octanol–water partition coefficient (Wildman–Crippen LogP) is 4.33. The van der Waals surface area contributed by atoms with Crippen molar-refractivity contribution in [1.29, 1.82) is 0 Å². The number of fused-ring (bicyclic) bond motifs is 2. The number of para-hydroxylation sites is 2. The Labute approximate surface area is 149 Å². The van der Waals surface area contributed by atoms with Gasteiger partial charge in [0.05, 0.1) is 22.0 Å². The number of carbonyl (C=O) groups is 1. The van der Waals surface area contributed by atoms with Crippen molar-refractivity contribution < 1.29 is 9.72 Å². The van der Waals surface area contributed by atoms with Gasteiger partial charge < -0.3 is 5.32 Å². The van der Waals surface area contributed by atoms with Gasteiger partial charge in [0.1, 0.15) is 0 Å². The van der Waals surface area contributed by atoms with E-state index in [9.17, 15) is 14.9 Å². The highest BCUT2D eigenvalue weighted by atomic mass is 16.6. The second-order valence-corrected chi connectivity index (χ2v) is 5.78. The average molecular weight is 343 g/mol. The molecule has 0 fully saturated rings. The molecular weight excluding hydrogens is 330 g/mol. The van der Waals surface area contributed by atoms with Crippen LogP contribution in [0, 0.1) is 10.1 Å². The molecule has 4 rings (SSSR count). The van der Waals surface area contributed by atoms with Crippen LogP contribution in [0.25, 0.3) is 0 Å². The molecule has 6 heteroatoms. The van der Waals surface area contributed by atoms with Gasteiger partial charge in [-0.2, -0.15) is 0 Å². The third-order valence-corrected chi connectivity index (χ3v) is 4.14. The molecule has 0 aliphatic carbocycles. The normalized spacial score (nSPS) is 12.8. The highest BCUT2D eigenvalue weighted by Crippen LogP contribution is 2.31. The molecule has 3 aromatic carbocycles. The van der Waals surface area contributed by atoms with Gasteiger partial charge in [0.2, 0.25) is 0 Å². The van der Waals surface area contributed by atoms with Gasteiger partial charge in [-0.1, -0.05) is 42.5 Å². The van der Waals surface area contributed by atoms with E-state index in [0.29, 0.717) is 33.8 Å². The van der Waals surface area contributed by atoms with Crippen LogP contribution in [-0.4, -0.2) is 16.5 Å². The minimum absolute atomic E-state index is 0.0255. The third-order valence-electron chi connectivity index (χ3n) is 4.14. The molecular formula is C20H13N3O3. The maximum absolute atomic E-state index is 12.7. The van der Waals surface area contributed by atoms with E-state index in [0.717, 1.165) is 0 Å². The highest BCUT2D eigenvalue weighted by molar-refractivity contribution is 6.22. The monoisotopic (exact) mass is 343 g/mol. The van der Waals surface area contributed by atoms with E-state index in [1.165, 1.54) is 12.1 Å². The molecule has 0 bridgehead atoms. The average Bonchev–Trinajstić information content (AvgIpc) is 2.66. The molecule has 0 unspecified atom stereocenters. The number of carbonyl (C=O) groups excluding carboxylic acids is 1. The van der Waals surface area contributed by atoms with E-state index in [1.807, 2.05) is 18.2 Å². The zero-order valence-electron chi connectivity index (χ0n) is 13.5. The molecule has 0 aromatic heterocycles. The van der Waals surface area contributed by atoms with Crippen LogP contribution in [-0.2, 0) is 0 Å². The summed E-state index contributed by atoms with van der Waals surface area (Å²) in [5.74, 6) is -0.245. The summed E-state index contributed by atoms with van der Waals surface area (Å²) in [4.78, 5) is 28.1. The molecule has 0 saturated carbocycles. The fourth-order valence-corrected chi connectivity index (χ4v) is 2.92. The number of nitro benzene ring substituents is 1. The van der Waals surface area contributed by atoms with Crippen LogP contribution in [0.5, 0.6) is 0 Å². The Balaban J connectivity index is 2.01. The Morgan fingerprint density at radius 2 is 1.62 bits per heavy atom. The Bertz CT molecular complexity index is 1070. The second-order valence-electron chi connectivity index (χ2n) is 5.78. The van der Waals surface area contributed by atoms with Gasteiger partial charge in [-0.15, -0.1) is 0 Å². The Hall–Kier alpha value is -3.80. The lowest BCUT2D eigenvalue weighted by molar-refractivity contribution is -0.384. The van der Waals surface area contributed by atoms with Gasteiger partial charge >= 0.3 is 0 Å². The summed E-state index contributed by atoms with van der Waals surface area (Å²) < 4.78 is 0. The zero-order chi connectivity index (χ0) is 18.1. The molecule has 0 spiro atoms. The molecule has 0 radical (unpaired) electrons. The summed E-state index contributed by atoms with van der Waals surface area (Å²) in [5, 5.41) is 14.0. The van der Waals surface area contributed by atoms with Crippen molar-refractivity contribution in [3.05, 3.63) is 99.6 Å². The first-order chi connectivity index (χ1) is 12.6. The molecule has 126 valence electrons. The van der Waals surface area contributed by atoms with Gasteiger partial charge in [0, 0.05) is 28.8 Å². The minimum Gasteiger partial charge on any atom is -0.320 e. The maximum Gasteiger partial charge on any atom is 0.270 e. The molecule has 6 nitrogen and oxygen atoms in total. The van der Waals surface area contributed by atoms with Crippen molar-refractivity contribution in [3.8, 4) is 0 Å². The van der Waals surface area contributed by atoms with E-state index >= 15 is 0 Å². The first kappa shape index (κ1) is 15.7. The number of rotatable bonds is 2. The Kier molecular flexibility index (Phi) is 3.78.